The highest BCUT2D eigenvalue weighted by molar-refractivity contribution is 7.89. The molecule has 0 bridgehead atoms. The van der Waals surface area contributed by atoms with Crippen LogP contribution in [0.25, 0.3) is 0 Å². The first-order valence-electron chi connectivity index (χ1n) is 5.98. The van der Waals surface area contributed by atoms with Crippen LogP contribution in [-0.4, -0.2) is 46.2 Å². The number of nitrogens with two attached hydrogens (primary N) is 1. The van der Waals surface area contributed by atoms with Gasteiger partial charge in [0.1, 0.15) is 0 Å². The molecule has 100 valence electrons. The first kappa shape index (κ1) is 13.5. The molecule has 0 atom stereocenters. The maximum Gasteiger partial charge on any atom is 0.238 e. The van der Waals surface area contributed by atoms with Crippen molar-refractivity contribution < 1.29 is 13.2 Å². The molecule has 6 heteroatoms. The molecule has 5 nitrogen and oxygen atoms in total. The monoisotopic (exact) mass is 270 g/mol. The molecular weight excluding hydrogens is 252 g/mol. The van der Waals surface area contributed by atoms with E-state index in [0.717, 1.165) is 38.4 Å². The number of hydrogen-bond acceptors (Lipinski definition) is 4. The van der Waals surface area contributed by atoms with Crippen molar-refractivity contribution in [2.75, 3.05) is 32.8 Å². The Kier molecular flexibility index (Phi) is 4.34. The van der Waals surface area contributed by atoms with Crippen molar-refractivity contribution >= 4 is 10.0 Å². The molecule has 0 amide bonds. The van der Waals surface area contributed by atoms with Gasteiger partial charge in [-0.3, -0.25) is 4.90 Å². The predicted molar refractivity (Wildman–Crippen MR) is 68.8 cm³/mol. The van der Waals surface area contributed by atoms with Gasteiger partial charge < -0.3 is 4.74 Å². The second kappa shape index (κ2) is 5.79. The van der Waals surface area contributed by atoms with Gasteiger partial charge in [-0.15, -0.1) is 0 Å². The van der Waals surface area contributed by atoms with Crippen LogP contribution in [0.5, 0.6) is 0 Å². The van der Waals surface area contributed by atoms with Gasteiger partial charge in [0.25, 0.3) is 0 Å². The molecule has 1 aromatic rings. The Labute approximate surface area is 108 Å². The van der Waals surface area contributed by atoms with Gasteiger partial charge >= 0.3 is 0 Å². The molecule has 2 N–H and O–H groups in total. The molecule has 1 fully saturated rings. The molecular formula is C12H18N2O3S. The summed E-state index contributed by atoms with van der Waals surface area (Å²) in [5, 5.41) is 5.20. The van der Waals surface area contributed by atoms with Gasteiger partial charge in [0, 0.05) is 19.6 Å². The zero-order valence-corrected chi connectivity index (χ0v) is 11.0. The fraction of sp³-hybridized carbons (Fsp3) is 0.500. The molecule has 1 aliphatic heterocycles. The van der Waals surface area contributed by atoms with E-state index >= 15 is 0 Å². The van der Waals surface area contributed by atoms with E-state index in [1.54, 1.807) is 12.1 Å². The van der Waals surface area contributed by atoms with Gasteiger partial charge in [-0.1, -0.05) is 18.2 Å². The maximum atomic E-state index is 11.4. The van der Waals surface area contributed by atoms with E-state index < -0.39 is 10.0 Å². The average molecular weight is 270 g/mol. The molecule has 1 saturated heterocycles. The number of morpholine rings is 1. The summed E-state index contributed by atoms with van der Waals surface area (Å²) in [6, 6.07) is 6.91. The first-order chi connectivity index (χ1) is 8.57. The quantitative estimate of drug-likeness (QED) is 0.849. The van der Waals surface area contributed by atoms with Gasteiger partial charge in [-0.05, 0) is 18.1 Å². The molecule has 0 radical (unpaired) electrons. The van der Waals surface area contributed by atoms with E-state index in [1.165, 1.54) is 0 Å². The zero-order chi connectivity index (χ0) is 13.0. The second-order valence-corrected chi connectivity index (χ2v) is 5.89. The van der Waals surface area contributed by atoms with Gasteiger partial charge in [0.05, 0.1) is 18.1 Å². The second-order valence-electron chi connectivity index (χ2n) is 4.36. The molecule has 0 aliphatic carbocycles. The Morgan fingerprint density at radius 2 is 1.89 bits per heavy atom. The molecule has 0 spiro atoms. The zero-order valence-electron chi connectivity index (χ0n) is 10.2. The SMILES string of the molecule is NS(=O)(=O)c1ccccc1CCN1CCOCC1. The highest BCUT2D eigenvalue weighted by Gasteiger charge is 2.15. The number of rotatable bonds is 4. The van der Waals surface area contributed by atoms with Gasteiger partial charge in [0.2, 0.25) is 10.0 Å². The van der Waals surface area contributed by atoms with Crippen LogP contribution in [0.3, 0.4) is 0 Å². The molecule has 0 unspecified atom stereocenters. The summed E-state index contributed by atoms with van der Waals surface area (Å²) in [5.41, 5.74) is 0.784. The third kappa shape index (κ3) is 3.52. The smallest absolute Gasteiger partial charge is 0.238 e. The van der Waals surface area contributed by atoms with Gasteiger partial charge in [-0.25, -0.2) is 13.6 Å². The van der Waals surface area contributed by atoms with Crippen LogP contribution >= 0.6 is 0 Å². The van der Waals surface area contributed by atoms with Crippen LogP contribution < -0.4 is 5.14 Å². The van der Waals surface area contributed by atoms with Crippen molar-refractivity contribution in [3.05, 3.63) is 29.8 Å². The number of benzene rings is 1. The van der Waals surface area contributed by atoms with E-state index in [2.05, 4.69) is 4.90 Å². The lowest BCUT2D eigenvalue weighted by molar-refractivity contribution is 0.0384. The summed E-state index contributed by atoms with van der Waals surface area (Å²) in [6.45, 7) is 4.12. The third-order valence-electron chi connectivity index (χ3n) is 3.08. The number of ether oxygens (including phenoxy) is 1. The molecule has 1 aliphatic rings. The summed E-state index contributed by atoms with van der Waals surface area (Å²) < 4.78 is 28.2. The van der Waals surface area contributed by atoms with Crippen molar-refractivity contribution in [1.29, 1.82) is 0 Å². The topological polar surface area (TPSA) is 72.6 Å². The highest BCUT2D eigenvalue weighted by Crippen LogP contribution is 2.14. The minimum absolute atomic E-state index is 0.234. The van der Waals surface area contributed by atoms with Gasteiger partial charge in [0.15, 0.2) is 0 Å². The van der Waals surface area contributed by atoms with E-state index in [4.69, 9.17) is 9.88 Å². The minimum Gasteiger partial charge on any atom is -0.379 e. The number of primary sulfonamides is 1. The van der Waals surface area contributed by atoms with Crippen LogP contribution in [0, 0.1) is 0 Å². The van der Waals surface area contributed by atoms with Gasteiger partial charge in [-0.2, -0.15) is 0 Å². The summed E-state index contributed by atoms with van der Waals surface area (Å²) >= 11 is 0. The Bertz CT molecular complexity index is 496. The Hall–Kier alpha value is -0.950. The normalized spacial score (nSPS) is 17.8. The first-order valence-corrected chi connectivity index (χ1v) is 7.53. The van der Waals surface area contributed by atoms with Crippen molar-refractivity contribution in [2.24, 2.45) is 5.14 Å². The van der Waals surface area contributed by atoms with Crippen molar-refractivity contribution in [3.8, 4) is 0 Å². The van der Waals surface area contributed by atoms with Crippen LogP contribution in [0.1, 0.15) is 5.56 Å². The number of sulfonamides is 1. The summed E-state index contributed by atoms with van der Waals surface area (Å²) in [5.74, 6) is 0. The van der Waals surface area contributed by atoms with Crippen molar-refractivity contribution in [2.45, 2.75) is 11.3 Å². The summed E-state index contributed by atoms with van der Waals surface area (Å²) in [6.07, 6.45) is 0.687. The van der Waals surface area contributed by atoms with Crippen molar-refractivity contribution in [3.63, 3.8) is 0 Å². The molecule has 18 heavy (non-hydrogen) atoms. The Balaban J connectivity index is 2.05. The average Bonchev–Trinajstić information content (AvgIpc) is 2.37. The summed E-state index contributed by atoms with van der Waals surface area (Å²) in [4.78, 5) is 2.50. The largest absolute Gasteiger partial charge is 0.379 e. The van der Waals surface area contributed by atoms with Crippen LogP contribution in [-0.2, 0) is 21.2 Å². The van der Waals surface area contributed by atoms with E-state index in [9.17, 15) is 8.42 Å². The fourth-order valence-electron chi connectivity index (χ4n) is 2.09. The van der Waals surface area contributed by atoms with Crippen LogP contribution in [0.2, 0.25) is 0 Å². The highest BCUT2D eigenvalue weighted by atomic mass is 32.2. The third-order valence-corrected chi connectivity index (χ3v) is 4.09. The number of nitrogens with zero attached hydrogens (tertiary/aromatic N) is 1. The molecule has 0 saturated carbocycles. The minimum atomic E-state index is -3.63. The van der Waals surface area contributed by atoms with E-state index in [-0.39, 0.29) is 4.90 Å². The maximum absolute atomic E-state index is 11.4. The predicted octanol–water partition coefficient (Wildman–Crippen LogP) is 0.209. The van der Waals surface area contributed by atoms with E-state index in [1.807, 2.05) is 12.1 Å². The standard InChI is InChI=1S/C12H18N2O3S/c13-18(15,16)12-4-2-1-3-11(12)5-6-14-7-9-17-10-8-14/h1-4H,5-10H2,(H2,13,15,16). The van der Waals surface area contributed by atoms with Crippen LogP contribution in [0.15, 0.2) is 29.2 Å². The fourth-order valence-corrected chi connectivity index (χ4v) is 2.90. The number of hydrogen-bond donors (Lipinski definition) is 1. The molecule has 0 aromatic heterocycles. The molecule has 1 heterocycles. The Morgan fingerprint density at radius 1 is 1.22 bits per heavy atom. The summed E-state index contributed by atoms with van der Waals surface area (Å²) in [7, 11) is -3.63. The molecule has 2 rings (SSSR count). The molecule has 1 aromatic carbocycles. The lowest BCUT2D eigenvalue weighted by atomic mass is 10.1. The lowest BCUT2D eigenvalue weighted by Crippen LogP contribution is -2.37. The Morgan fingerprint density at radius 3 is 2.56 bits per heavy atom. The lowest BCUT2D eigenvalue weighted by Gasteiger charge is -2.26. The van der Waals surface area contributed by atoms with E-state index in [0.29, 0.717) is 6.42 Å². The van der Waals surface area contributed by atoms with Crippen molar-refractivity contribution in [1.82, 2.24) is 4.90 Å². The van der Waals surface area contributed by atoms with Crippen LogP contribution in [0.4, 0.5) is 0 Å².